The first-order chi connectivity index (χ1) is 3.80. The normalized spacial score (nSPS) is 8.00. The molecule has 0 aliphatic rings. The van der Waals surface area contributed by atoms with Crippen LogP contribution in [0.1, 0.15) is 5.69 Å². The van der Waals surface area contributed by atoms with E-state index in [4.69, 9.17) is 11.1 Å². The van der Waals surface area contributed by atoms with Crippen molar-refractivity contribution in [3.8, 4) is 0 Å². The van der Waals surface area contributed by atoms with Crippen molar-refractivity contribution >= 4 is 29.6 Å². The van der Waals surface area contributed by atoms with Crippen LogP contribution >= 0.6 is 23.7 Å². The Kier molecular flexibility index (Phi) is 3.19. The number of hydrogen-bond acceptors (Lipinski definition) is 3. The van der Waals surface area contributed by atoms with E-state index in [2.05, 4.69) is 4.98 Å². The minimum absolute atomic E-state index is 0. The summed E-state index contributed by atoms with van der Waals surface area (Å²) in [6.07, 6.45) is 0. The third kappa shape index (κ3) is 1.99. The van der Waals surface area contributed by atoms with Gasteiger partial charge in [0.15, 0.2) is 0 Å². The number of amidine groups is 1. The summed E-state index contributed by atoms with van der Waals surface area (Å²) in [5.41, 5.74) is 7.30. The zero-order chi connectivity index (χ0) is 5.98. The highest BCUT2D eigenvalue weighted by Crippen LogP contribution is 1.97. The molecule has 0 fully saturated rings. The van der Waals surface area contributed by atoms with Crippen LogP contribution < -0.4 is 5.73 Å². The predicted octanol–water partition coefficient (Wildman–Crippen LogP) is 0.849. The van der Waals surface area contributed by atoms with E-state index in [1.807, 2.05) is 0 Å². The highest BCUT2D eigenvalue weighted by molar-refractivity contribution is 7.07. The van der Waals surface area contributed by atoms with E-state index in [1.165, 1.54) is 11.3 Å². The number of nitrogens with two attached hydrogens (primary N) is 1. The molecular formula is C4H6ClN3S. The van der Waals surface area contributed by atoms with Crippen molar-refractivity contribution < 1.29 is 0 Å². The summed E-state index contributed by atoms with van der Waals surface area (Å²) in [5, 5.41) is 8.61. The van der Waals surface area contributed by atoms with Crippen LogP contribution in [0.3, 0.4) is 0 Å². The van der Waals surface area contributed by atoms with Crippen LogP contribution in [0.5, 0.6) is 0 Å². The molecule has 1 rings (SSSR count). The second-order valence-electron chi connectivity index (χ2n) is 1.29. The van der Waals surface area contributed by atoms with Crippen molar-refractivity contribution in [1.29, 1.82) is 5.41 Å². The standard InChI is InChI=1S/C4H5N3S.ClH/c5-4(6)3-1-8-2-7-3;/h1-2H,(H3,5,6);1H. The molecule has 1 aromatic heterocycles. The Labute approximate surface area is 62.8 Å². The van der Waals surface area contributed by atoms with Gasteiger partial charge in [0.2, 0.25) is 0 Å². The van der Waals surface area contributed by atoms with Gasteiger partial charge in [0.1, 0.15) is 11.5 Å². The van der Waals surface area contributed by atoms with Crippen molar-refractivity contribution in [3.63, 3.8) is 0 Å². The molecule has 0 aliphatic carbocycles. The molecule has 0 amide bonds. The minimum atomic E-state index is 0. The summed E-state index contributed by atoms with van der Waals surface area (Å²) in [6, 6.07) is 0. The first kappa shape index (κ1) is 8.39. The molecule has 3 N–H and O–H groups in total. The lowest BCUT2D eigenvalue weighted by Crippen LogP contribution is -2.10. The van der Waals surface area contributed by atoms with E-state index < -0.39 is 0 Å². The van der Waals surface area contributed by atoms with Crippen molar-refractivity contribution in [3.05, 3.63) is 16.6 Å². The lowest BCUT2D eigenvalue weighted by molar-refractivity contribution is 1.32. The molecule has 0 aliphatic heterocycles. The molecule has 9 heavy (non-hydrogen) atoms. The van der Waals surface area contributed by atoms with E-state index in [-0.39, 0.29) is 18.2 Å². The van der Waals surface area contributed by atoms with Crippen LogP contribution in [-0.2, 0) is 0 Å². The second kappa shape index (κ2) is 3.42. The summed E-state index contributed by atoms with van der Waals surface area (Å²) in [7, 11) is 0. The summed E-state index contributed by atoms with van der Waals surface area (Å²) in [5.74, 6) is 0.0336. The van der Waals surface area contributed by atoms with Crippen LogP contribution in [-0.4, -0.2) is 10.8 Å². The van der Waals surface area contributed by atoms with Crippen LogP contribution in [0.15, 0.2) is 10.9 Å². The smallest absolute Gasteiger partial charge is 0.142 e. The predicted molar refractivity (Wildman–Crippen MR) is 40.4 cm³/mol. The zero-order valence-electron chi connectivity index (χ0n) is 4.50. The highest BCUT2D eigenvalue weighted by Gasteiger charge is 1.93. The van der Waals surface area contributed by atoms with Crippen molar-refractivity contribution in [1.82, 2.24) is 4.98 Å². The number of nitrogens with one attached hydrogen (secondary N) is 1. The molecule has 0 spiro atoms. The zero-order valence-corrected chi connectivity index (χ0v) is 6.13. The monoisotopic (exact) mass is 163 g/mol. The molecule has 0 saturated heterocycles. The Morgan fingerprint density at radius 2 is 2.44 bits per heavy atom. The van der Waals surface area contributed by atoms with E-state index in [0.29, 0.717) is 5.69 Å². The molecule has 1 heterocycles. The maximum Gasteiger partial charge on any atom is 0.142 e. The first-order valence-electron chi connectivity index (χ1n) is 2.03. The second-order valence-corrected chi connectivity index (χ2v) is 2.01. The van der Waals surface area contributed by atoms with Gasteiger partial charge in [0.25, 0.3) is 0 Å². The van der Waals surface area contributed by atoms with Crippen molar-refractivity contribution in [2.24, 2.45) is 5.73 Å². The third-order valence-electron chi connectivity index (χ3n) is 0.708. The number of nitrogens with zero attached hydrogens (tertiary/aromatic N) is 1. The summed E-state index contributed by atoms with van der Waals surface area (Å²) < 4.78 is 0. The fourth-order valence-corrected chi connectivity index (χ4v) is 0.898. The molecule has 5 heteroatoms. The Morgan fingerprint density at radius 1 is 1.78 bits per heavy atom. The van der Waals surface area contributed by atoms with Gasteiger partial charge in [-0.2, -0.15) is 0 Å². The van der Waals surface area contributed by atoms with Crippen LogP contribution in [0, 0.1) is 5.41 Å². The van der Waals surface area contributed by atoms with Gasteiger partial charge < -0.3 is 5.73 Å². The van der Waals surface area contributed by atoms with Gasteiger partial charge in [-0.05, 0) is 0 Å². The maximum absolute atomic E-state index is 6.87. The Bertz CT molecular complexity index is 184. The van der Waals surface area contributed by atoms with Gasteiger partial charge in [-0.3, -0.25) is 5.41 Å². The summed E-state index contributed by atoms with van der Waals surface area (Å²) >= 11 is 1.44. The Morgan fingerprint density at radius 3 is 2.67 bits per heavy atom. The molecule has 0 atom stereocenters. The molecule has 0 saturated carbocycles. The van der Waals surface area contributed by atoms with E-state index >= 15 is 0 Å². The number of thiazole rings is 1. The van der Waals surface area contributed by atoms with Crippen LogP contribution in [0.4, 0.5) is 0 Å². The fraction of sp³-hybridized carbons (Fsp3) is 0. The number of rotatable bonds is 1. The van der Waals surface area contributed by atoms with Crippen molar-refractivity contribution in [2.45, 2.75) is 0 Å². The summed E-state index contributed by atoms with van der Waals surface area (Å²) in [6.45, 7) is 0. The topological polar surface area (TPSA) is 62.8 Å². The van der Waals surface area contributed by atoms with Gasteiger partial charge in [0, 0.05) is 5.38 Å². The molecule has 50 valence electrons. The maximum atomic E-state index is 6.87. The molecule has 0 bridgehead atoms. The lowest BCUT2D eigenvalue weighted by atomic mass is 10.5. The number of halogens is 1. The highest BCUT2D eigenvalue weighted by atomic mass is 35.5. The average Bonchev–Trinajstić information content (AvgIpc) is 2.12. The van der Waals surface area contributed by atoms with Gasteiger partial charge in [0.05, 0.1) is 5.51 Å². The molecular weight excluding hydrogens is 158 g/mol. The first-order valence-corrected chi connectivity index (χ1v) is 2.97. The molecule has 1 aromatic rings. The van der Waals surface area contributed by atoms with Gasteiger partial charge in [-0.15, -0.1) is 23.7 Å². The number of hydrogen-bond donors (Lipinski definition) is 2. The quantitative estimate of drug-likeness (QED) is 0.476. The van der Waals surface area contributed by atoms with Gasteiger partial charge in [-0.25, -0.2) is 4.98 Å². The SMILES string of the molecule is Cl.N=C(N)c1cscn1. The van der Waals surface area contributed by atoms with E-state index in [9.17, 15) is 0 Å². The Balaban J connectivity index is 0.000000640. The number of aromatic nitrogens is 1. The lowest BCUT2D eigenvalue weighted by Gasteiger charge is -1.83. The molecule has 0 radical (unpaired) electrons. The van der Waals surface area contributed by atoms with E-state index in [1.54, 1.807) is 10.9 Å². The van der Waals surface area contributed by atoms with Gasteiger partial charge >= 0.3 is 0 Å². The largest absolute Gasteiger partial charge is 0.382 e. The third-order valence-corrected chi connectivity index (χ3v) is 1.29. The van der Waals surface area contributed by atoms with Gasteiger partial charge in [-0.1, -0.05) is 0 Å². The van der Waals surface area contributed by atoms with Crippen LogP contribution in [0.25, 0.3) is 0 Å². The van der Waals surface area contributed by atoms with E-state index in [0.717, 1.165) is 0 Å². The molecule has 0 aromatic carbocycles. The molecule has 0 unspecified atom stereocenters. The number of nitrogen functional groups attached to an aromatic ring is 1. The minimum Gasteiger partial charge on any atom is -0.382 e. The van der Waals surface area contributed by atoms with Crippen LogP contribution in [0.2, 0.25) is 0 Å². The average molecular weight is 164 g/mol. The summed E-state index contributed by atoms with van der Waals surface area (Å²) in [4.78, 5) is 3.78. The van der Waals surface area contributed by atoms with Crippen molar-refractivity contribution in [2.75, 3.05) is 0 Å². The fourth-order valence-electron chi connectivity index (χ4n) is 0.346. The molecule has 3 nitrogen and oxygen atoms in total. The Hall–Kier alpha value is -0.610.